The number of nitrogens with zero attached hydrogens (tertiary/aromatic N) is 2. The molecule has 4 aromatic rings. The summed E-state index contributed by atoms with van der Waals surface area (Å²) in [6.45, 7) is 0.799. The monoisotopic (exact) mass is 627 g/mol. The molecule has 11 heteroatoms. The highest BCUT2D eigenvalue weighted by Gasteiger charge is 2.34. The number of rotatable bonds is 8. The van der Waals surface area contributed by atoms with Gasteiger partial charge in [-0.3, -0.25) is 0 Å². The first-order valence-corrected chi connectivity index (χ1v) is 13.6. The molecule has 0 bridgehead atoms. The van der Waals surface area contributed by atoms with E-state index in [9.17, 15) is 21.6 Å². The molecule has 38 heavy (non-hydrogen) atoms. The Morgan fingerprint density at radius 2 is 1.37 bits per heavy atom. The van der Waals surface area contributed by atoms with Crippen LogP contribution in [0.4, 0.5) is 13.2 Å². The van der Waals surface area contributed by atoms with Gasteiger partial charge in [-0.1, -0.05) is 52.3 Å². The molecule has 0 aliphatic carbocycles. The van der Waals surface area contributed by atoms with E-state index in [0.717, 1.165) is 16.1 Å². The summed E-state index contributed by atoms with van der Waals surface area (Å²) >= 11 is 3.39. The number of hydrogen-bond donors (Lipinski definition) is 1. The summed E-state index contributed by atoms with van der Waals surface area (Å²) in [6, 6.07) is 22.3. The van der Waals surface area contributed by atoms with Crippen LogP contribution in [0.15, 0.2) is 94.3 Å². The van der Waals surface area contributed by atoms with Gasteiger partial charge in [0.05, 0.1) is 27.5 Å². The molecule has 0 saturated carbocycles. The van der Waals surface area contributed by atoms with Crippen molar-refractivity contribution in [2.45, 2.75) is 11.1 Å². The molecule has 0 unspecified atom stereocenters. The normalized spacial score (nSPS) is 12.0. The van der Waals surface area contributed by atoms with Gasteiger partial charge in [-0.25, -0.2) is 13.1 Å². The third-order valence-electron chi connectivity index (χ3n) is 5.78. The number of benzene rings is 3. The van der Waals surface area contributed by atoms with E-state index in [2.05, 4.69) is 20.7 Å². The molecule has 0 radical (unpaired) electrons. The topological polar surface area (TPSA) is 54.3 Å². The molecule has 4 rings (SSSR count). The molecule has 0 spiro atoms. The van der Waals surface area contributed by atoms with Crippen molar-refractivity contribution in [1.29, 1.82) is 0 Å². The minimum atomic E-state index is -4.56. The van der Waals surface area contributed by atoms with Gasteiger partial charge >= 0.3 is 6.18 Å². The molecule has 1 heterocycles. The van der Waals surface area contributed by atoms with Crippen molar-refractivity contribution in [3.8, 4) is 28.2 Å². The van der Waals surface area contributed by atoms with Crippen LogP contribution >= 0.6 is 28.3 Å². The lowest BCUT2D eigenvalue weighted by atomic mass is 10.1. The standard InChI is InChI=1S/C27H25BrF3N3O2S.ClH/c1-33(2)18-17-32-37(35,36)22-13-9-20(10-14-22)25-16-15-24(19-7-11-21(28)12-8-19)34(25)26-6-4-3-5-23(26)27(29,30)31;/h3-16,32H,17-18H2,1-2H3;1H. The van der Waals surface area contributed by atoms with E-state index in [0.29, 0.717) is 23.5 Å². The number of likely N-dealkylation sites (N-methyl/N-ethyl adjacent to an activating group) is 1. The van der Waals surface area contributed by atoms with E-state index in [1.165, 1.54) is 24.3 Å². The molecule has 0 saturated heterocycles. The van der Waals surface area contributed by atoms with Crippen molar-refractivity contribution in [2.24, 2.45) is 0 Å². The number of para-hydroxylation sites is 1. The Bertz CT molecular complexity index is 1490. The Morgan fingerprint density at radius 1 is 0.842 bits per heavy atom. The number of aromatic nitrogens is 1. The number of nitrogens with one attached hydrogen (secondary N) is 1. The van der Waals surface area contributed by atoms with Crippen molar-refractivity contribution in [3.63, 3.8) is 0 Å². The fourth-order valence-electron chi connectivity index (χ4n) is 3.97. The second kappa shape index (κ2) is 12.0. The van der Waals surface area contributed by atoms with Gasteiger partial charge in [0.2, 0.25) is 10.0 Å². The van der Waals surface area contributed by atoms with E-state index in [4.69, 9.17) is 0 Å². The Labute approximate surface area is 234 Å². The van der Waals surface area contributed by atoms with Gasteiger partial charge < -0.3 is 9.47 Å². The minimum Gasteiger partial charge on any atom is -0.309 e. The molecule has 3 aromatic carbocycles. The Kier molecular flexibility index (Phi) is 9.48. The lowest BCUT2D eigenvalue weighted by Gasteiger charge is -2.19. The van der Waals surface area contributed by atoms with E-state index < -0.39 is 21.8 Å². The number of sulfonamides is 1. The summed E-state index contributed by atoms with van der Waals surface area (Å²) in [4.78, 5) is 1.94. The summed E-state index contributed by atoms with van der Waals surface area (Å²) in [7, 11) is -0.0320. The van der Waals surface area contributed by atoms with E-state index in [1.807, 2.05) is 43.3 Å². The number of halogens is 5. The summed E-state index contributed by atoms with van der Waals surface area (Å²) < 4.78 is 72.3. The Morgan fingerprint density at radius 3 is 1.89 bits per heavy atom. The highest BCUT2D eigenvalue weighted by atomic mass is 79.9. The molecule has 0 atom stereocenters. The quantitative estimate of drug-likeness (QED) is 0.232. The lowest BCUT2D eigenvalue weighted by Crippen LogP contribution is -2.31. The molecule has 0 aliphatic rings. The highest BCUT2D eigenvalue weighted by molar-refractivity contribution is 9.10. The molecule has 202 valence electrons. The summed E-state index contributed by atoms with van der Waals surface area (Å²) in [5.41, 5.74) is 1.59. The molecule has 5 nitrogen and oxygen atoms in total. The Hall–Kier alpha value is -2.63. The van der Waals surface area contributed by atoms with Gasteiger partial charge in [-0.15, -0.1) is 12.4 Å². The zero-order valence-corrected chi connectivity index (χ0v) is 23.8. The minimum absolute atomic E-state index is 0. The third kappa shape index (κ3) is 6.68. The highest BCUT2D eigenvalue weighted by Crippen LogP contribution is 2.39. The largest absolute Gasteiger partial charge is 0.418 e. The van der Waals surface area contributed by atoms with Crippen LogP contribution in [0.2, 0.25) is 0 Å². The average molecular weight is 629 g/mol. The van der Waals surface area contributed by atoms with Gasteiger partial charge in [-0.2, -0.15) is 13.2 Å². The van der Waals surface area contributed by atoms with Gasteiger partial charge in [-0.05, 0) is 73.8 Å². The van der Waals surface area contributed by atoms with Crippen LogP contribution in [-0.4, -0.2) is 45.1 Å². The van der Waals surface area contributed by atoms with Crippen LogP contribution in [0.3, 0.4) is 0 Å². The summed E-state index contributed by atoms with van der Waals surface area (Å²) in [5.74, 6) is 0. The predicted octanol–water partition coefficient (Wildman–Crippen LogP) is 6.85. The van der Waals surface area contributed by atoms with Crippen LogP contribution in [0.25, 0.3) is 28.2 Å². The van der Waals surface area contributed by atoms with Crippen molar-refractivity contribution in [2.75, 3.05) is 27.2 Å². The second-order valence-electron chi connectivity index (χ2n) is 8.69. The lowest BCUT2D eigenvalue weighted by molar-refractivity contribution is -0.137. The second-order valence-corrected chi connectivity index (χ2v) is 11.4. The zero-order valence-electron chi connectivity index (χ0n) is 20.5. The van der Waals surface area contributed by atoms with Crippen LogP contribution < -0.4 is 4.72 Å². The van der Waals surface area contributed by atoms with Crippen molar-refractivity contribution >= 4 is 38.4 Å². The van der Waals surface area contributed by atoms with Crippen molar-refractivity contribution < 1.29 is 21.6 Å². The van der Waals surface area contributed by atoms with Crippen LogP contribution in [0.5, 0.6) is 0 Å². The smallest absolute Gasteiger partial charge is 0.309 e. The van der Waals surface area contributed by atoms with Crippen LogP contribution in [0, 0.1) is 0 Å². The van der Waals surface area contributed by atoms with Crippen LogP contribution in [0.1, 0.15) is 5.56 Å². The molecule has 1 N–H and O–H groups in total. The van der Waals surface area contributed by atoms with Gasteiger partial charge in [0.1, 0.15) is 0 Å². The zero-order chi connectivity index (χ0) is 26.8. The van der Waals surface area contributed by atoms with Crippen molar-refractivity contribution in [3.05, 3.63) is 95.0 Å². The molecule has 0 amide bonds. The van der Waals surface area contributed by atoms with Gasteiger partial charge in [0.15, 0.2) is 0 Å². The number of hydrogen-bond acceptors (Lipinski definition) is 3. The summed E-state index contributed by atoms with van der Waals surface area (Å²) in [6.07, 6.45) is -4.56. The van der Waals surface area contributed by atoms with E-state index in [-0.39, 0.29) is 29.5 Å². The molecule has 0 fully saturated rings. The molecule has 1 aromatic heterocycles. The van der Waals surface area contributed by atoms with E-state index in [1.54, 1.807) is 34.9 Å². The average Bonchev–Trinajstić information content (AvgIpc) is 3.29. The first kappa shape index (κ1) is 29.9. The van der Waals surface area contributed by atoms with Crippen molar-refractivity contribution in [1.82, 2.24) is 14.2 Å². The fourth-order valence-corrected chi connectivity index (χ4v) is 5.25. The molecular weight excluding hydrogens is 603 g/mol. The molecule has 0 aliphatic heterocycles. The first-order valence-electron chi connectivity index (χ1n) is 11.4. The van der Waals surface area contributed by atoms with Crippen LogP contribution in [-0.2, 0) is 16.2 Å². The fraction of sp³-hybridized carbons (Fsp3) is 0.185. The SMILES string of the molecule is CN(C)CCNS(=O)(=O)c1ccc(-c2ccc(-c3ccc(Br)cc3)n2-c2ccccc2C(F)(F)F)cc1.Cl. The first-order chi connectivity index (χ1) is 17.5. The number of alkyl halides is 3. The third-order valence-corrected chi connectivity index (χ3v) is 7.79. The van der Waals surface area contributed by atoms with Gasteiger partial charge in [0.25, 0.3) is 0 Å². The molecular formula is C27H26BrClF3N3O2S. The maximum absolute atomic E-state index is 14.0. The van der Waals surface area contributed by atoms with E-state index >= 15 is 0 Å². The Balaban J connectivity index is 0.00000400. The maximum Gasteiger partial charge on any atom is 0.418 e. The predicted molar refractivity (Wildman–Crippen MR) is 150 cm³/mol. The van der Waals surface area contributed by atoms with Gasteiger partial charge in [0, 0.05) is 17.6 Å². The summed E-state index contributed by atoms with van der Waals surface area (Å²) in [5, 5.41) is 0. The maximum atomic E-state index is 14.0.